The molecule has 3 heterocycles. The first-order valence-electron chi connectivity index (χ1n) is 8.53. The maximum absolute atomic E-state index is 11.6. The molecule has 0 radical (unpaired) electrons. The number of hydrogen-bond acceptors (Lipinski definition) is 6. The number of rotatable bonds is 4. The van der Waals surface area contributed by atoms with Crippen LogP contribution in [0.5, 0.6) is 5.88 Å². The molecule has 2 N–H and O–H groups in total. The van der Waals surface area contributed by atoms with E-state index < -0.39 is 9.84 Å². The Hall–Kier alpha value is -2.45. The summed E-state index contributed by atoms with van der Waals surface area (Å²) in [6.07, 6.45) is 6.72. The van der Waals surface area contributed by atoms with Crippen LogP contribution in [0.15, 0.2) is 41.6 Å². The smallest absolute Gasteiger partial charge is 0.233 e. The normalized spacial score (nSPS) is 16.0. The van der Waals surface area contributed by atoms with E-state index in [0.29, 0.717) is 21.9 Å². The molecule has 0 atom stereocenters. The third-order valence-electron chi connectivity index (χ3n) is 4.53. The van der Waals surface area contributed by atoms with Crippen molar-refractivity contribution in [3.63, 3.8) is 0 Å². The highest BCUT2D eigenvalue weighted by Gasteiger charge is 2.17. The summed E-state index contributed by atoms with van der Waals surface area (Å²) in [4.78, 5) is 12.4. The second kappa shape index (κ2) is 6.69. The van der Waals surface area contributed by atoms with E-state index in [0.717, 1.165) is 37.1 Å². The minimum Gasteiger partial charge on any atom is -0.473 e. The van der Waals surface area contributed by atoms with E-state index in [4.69, 9.17) is 4.74 Å². The van der Waals surface area contributed by atoms with E-state index in [9.17, 15) is 8.42 Å². The molecule has 1 aliphatic rings. The van der Waals surface area contributed by atoms with Crippen LogP contribution in [-0.2, 0) is 9.84 Å². The van der Waals surface area contributed by atoms with Crippen LogP contribution < -0.4 is 10.1 Å². The van der Waals surface area contributed by atoms with Crippen LogP contribution in [0.25, 0.3) is 22.3 Å². The van der Waals surface area contributed by atoms with Gasteiger partial charge in [-0.15, -0.1) is 0 Å². The van der Waals surface area contributed by atoms with Crippen LogP contribution in [0.1, 0.15) is 12.8 Å². The molecular weight excluding hydrogens is 352 g/mol. The van der Waals surface area contributed by atoms with Crippen molar-refractivity contribution >= 4 is 21.0 Å². The van der Waals surface area contributed by atoms with Crippen molar-refractivity contribution < 1.29 is 13.2 Å². The zero-order valence-electron chi connectivity index (χ0n) is 14.4. The third kappa shape index (κ3) is 3.42. The number of piperidine rings is 1. The maximum Gasteiger partial charge on any atom is 0.233 e. The van der Waals surface area contributed by atoms with E-state index >= 15 is 0 Å². The molecule has 4 rings (SSSR count). The predicted molar refractivity (Wildman–Crippen MR) is 99.0 cm³/mol. The monoisotopic (exact) mass is 372 g/mol. The fourth-order valence-electron chi connectivity index (χ4n) is 3.12. The summed E-state index contributed by atoms with van der Waals surface area (Å²) in [6, 6.07) is 6.76. The molecule has 1 aromatic carbocycles. The molecule has 7 nitrogen and oxygen atoms in total. The van der Waals surface area contributed by atoms with Gasteiger partial charge in [0.05, 0.1) is 11.1 Å². The number of ether oxygens (including phenoxy) is 1. The van der Waals surface area contributed by atoms with Gasteiger partial charge in [-0.3, -0.25) is 0 Å². The van der Waals surface area contributed by atoms with Gasteiger partial charge in [0.25, 0.3) is 0 Å². The van der Waals surface area contributed by atoms with E-state index in [2.05, 4.69) is 20.3 Å². The largest absolute Gasteiger partial charge is 0.473 e. The summed E-state index contributed by atoms with van der Waals surface area (Å²) in [7, 11) is -3.21. The molecule has 26 heavy (non-hydrogen) atoms. The highest BCUT2D eigenvalue weighted by molar-refractivity contribution is 7.90. The molecule has 0 aliphatic carbocycles. The number of hydrogen-bond donors (Lipinski definition) is 2. The second-order valence-electron chi connectivity index (χ2n) is 6.47. The SMILES string of the molecule is CS(=O)(=O)c1ccc(-c2c[nH]c3ncc(OC4CCNCC4)nc23)cc1. The molecule has 0 amide bonds. The number of fused-ring (bicyclic) bond motifs is 1. The van der Waals surface area contributed by atoms with Crippen LogP contribution in [0.2, 0.25) is 0 Å². The van der Waals surface area contributed by atoms with Crippen molar-refractivity contribution in [2.75, 3.05) is 19.3 Å². The van der Waals surface area contributed by atoms with Gasteiger partial charge in [-0.25, -0.2) is 18.4 Å². The van der Waals surface area contributed by atoms with Crippen molar-refractivity contribution in [1.82, 2.24) is 20.3 Å². The molecular formula is C18H20N4O3S. The van der Waals surface area contributed by atoms with E-state index in [1.165, 1.54) is 6.26 Å². The van der Waals surface area contributed by atoms with Gasteiger partial charge in [0, 0.05) is 18.0 Å². The summed E-state index contributed by atoms with van der Waals surface area (Å²) in [5, 5.41) is 3.31. The lowest BCUT2D eigenvalue weighted by atomic mass is 10.1. The van der Waals surface area contributed by atoms with Crippen molar-refractivity contribution in [3.8, 4) is 17.0 Å². The molecule has 1 aliphatic heterocycles. The second-order valence-corrected chi connectivity index (χ2v) is 8.49. The number of nitrogens with one attached hydrogen (secondary N) is 2. The maximum atomic E-state index is 11.6. The molecule has 136 valence electrons. The lowest BCUT2D eigenvalue weighted by Crippen LogP contribution is -2.34. The Balaban J connectivity index is 1.66. The average Bonchev–Trinajstić information content (AvgIpc) is 3.05. The Morgan fingerprint density at radius 2 is 1.88 bits per heavy atom. The molecule has 2 aromatic heterocycles. The van der Waals surface area contributed by atoms with Gasteiger partial charge in [-0.05, 0) is 43.6 Å². The highest BCUT2D eigenvalue weighted by atomic mass is 32.2. The van der Waals surface area contributed by atoms with Gasteiger partial charge in [0.2, 0.25) is 5.88 Å². The van der Waals surface area contributed by atoms with Crippen molar-refractivity contribution in [3.05, 3.63) is 36.7 Å². The molecule has 0 saturated carbocycles. The van der Waals surface area contributed by atoms with Crippen molar-refractivity contribution in [2.45, 2.75) is 23.8 Å². The molecule has 3 aromatic rings. The molecule has 1 fully saturated rings. The lowest BCUT2D eigenvalue weighted by molar-refractivity contribution is 0.156. The Kier molecular flexibility index (Phi) is 4.37. The number of aromatic nitrogens is 3. The number of aromatic amines is 1. The summed E-state index contributed by atoms with van der Waals surface area (Å²) in [5.74, 6) is 0.512. The van der Waals surface area contributed by atoms with E-state index in [-0.39, 0.29) is 6.10 Å². The van der Waals surface area contributed by atoms with Crippen molar-refractivity contribution in [2.24, 2.45) is 0 Å². The Morgan fingerprint density at radius 1 is 1.15 bits per heavy atom. The summed E-state index contributed by atoms with van der Waals surface area (Å²) in [6.45, 7) is 1.89. The van der Waals surface area contributed by atoms with Gasteiger partial charge < -0.3 is 15.0 Å². The van der Waals surface area contributed by atoms with Crippen LogP contribution in [0, 0.1) is 0 Å². The minimum atomic E-state index is -3.21. The van der Waals surface area contributed by atoms with Crippen LogP contribution in [0.4, 0.5) is 0 Å². The Bertz CT molecular complexity index is 1020. The fraction of sp³-hybridized carbons (Fsp3) is 0.333. The van der Waals surface area contributed by atoms with Gasteiger partial charge in [-0.1, -0.05) is 12.1 Å². The van der Waals surface area contributed by atoms with Crippen molar-refractivity contribution in [1.29, 1.82) is 0 Å². The molecule has 0 bridgehead atoms. The number of benzene rings is 1. The zero-order chi connectivity index (χ0) is 18.1. The van der Waals surface area contributed by atoms with E-state index in [1.807, 2.05) is 6.20 Å². The van der Waals surface area contributed by atoms with Gasteiger partial charge in [0.1, 0.15) is 11.6 Å². The van der Waals surface area contributed by atoms with Crippen LogP contribution in [-0.4, -0.2) is 48.8 Å². The van der Waals surface area contributed by atoms with Gasteiger partial charge >= 0.3 is 0 Å². The van der Waals surface area contributed by atoms with E-state index in [1.54, 1.807) is 30.5 Å². The van der Waals surface area contributed by atoms with Gasteiger partial charge in [0.15, 0.2) is 15.5 Å². The number of sulfone groups is 1. The van der Waals surface area contributed by atoms with Crippen LogP contribution in [0.3, 0.4) is 0 Å². The quantitative estimate of drug-likeness (QED) is 0.728. The summed E-state index contributed by atoms with van der Waals surface area (Å²) < 4.78 is 29.2. The Labute approximate surface area is 151 Å². The Morgan fingerprint density at radius 3 is 2.58 bits per heavy atom. The first kappa shape index (κ1) is 17.0. The third-order valence-corrected chi connectivity index (χ3v) is 5.65. The number of nitrogens with zero attached hydrogens (tertiary/aromatic N) is 2. The fourth-order valence-corrected chi connectivity index (χ4v) is 3.75. The molecule has 8 heteroatoms. The standard InChI is InChI=1S/C18H20N4O3S/c1-26(23,24)14-4-2-12(3-5-14)15-10-20-18-17(15)22-16(11-21-18)25-13-6-8-19-9-7-13/h2-5,10-11,13,19H,6-9H2,1H3,(H,20,21). The molecule has 0 spiro atoms. The topological polar surface area (TPSA) is 97.0 Å². The molecule has 0 unspecified atom stereocenters. The summed E-state index contributed by atoms with van der Waals surface area (Å²) in [5.41, 5.74) is 3.12. The highest BCUT2D eigenvalue weighted by Crippen LogP contribution is 2.28. The first-order valence-corrected chi connectivity index (χ1v) is 10.4. The summed E-state index contributed by atoms with van der Waals surface area (Å²) >= 11 is 0. The zero-order valence-corrected chi connectivity index (χ0v) is 15.2. The van der Waals surface area contributed by atoms with Crippen LogP contribution >= 0.6 is 0 Å². The first-order chi connectivity index (χ1) is 12.5. The number of H-pyrrole nitrogens is 1. The molecule has 1 saturated heterocycles. The minimum absolute atomic E-state index is 0.152. The average molecular weight is 372 g/mol. The predicted octanol–water partition coefficient (Wildman–Crippen LogP) is 2.16. The van der Waals surface area contributed by atoms with Gasteiger partial charge in [-0.2, -0.15) is 0 Å². The lowest BCUT2D eigenvalue weighted by Gasteiger charge is -2.23.